The first-order valence-corrected chi connectivity index (χ1v) is 14.1. The highest BCUT2D eigenvalue weighted by Crippen LogP contribution is 2.32. The molecule has 198 valence electrons. The molecule has 2 saturated heterocycles. The van der Waals surface area contributed by atoms with Crippen LogP contribution < -0.4 is 5.32 Å². The topological polar surface area (TPSA) is 73.0 Å². The highest BCUT2D eigenvalue weighted by atomic mass is 79.9. The number of halogens is 3. The van der Waals surface area contributed by atoms with Crippen molar-refractivity contribution in [3.63, 3.8) is 0 Å². The Balaban J connectivity index is 1.16. The summed E-state index contributed by atoms with van der Waals surface area (Å²) in [5, 5.41) is 2.48. The van der Waals surface area contributed by atoms with Crippen LogP contribution in [0.5, 0.6) is 0 Å². The number of benzene rings is 2. The van der Waals surface area contributed by atoms with Crippen molar-refractivity contribution >= 4 is 56.7 Å². The number of thiophene rings is 1. The second-order valence-corrected chi connectivity index (χ2v) is 12.0. The van der Waals surface area contributed by atoms with Gasteiger partial charge >= 0.3 is 6.03 Å². The smallest absolute Gasteiger partial charge is 0.325 e. The number of piperazine rings is 1. The first-order valence-electron chi connectivity index (χ1n) is 12.1. The Morgan fingerprint density at radius 1 is 1.11 bits per heavy atom. The lowest BCUT2D eigenvalue weighted by Gasteiger charge is -2.35. The van der Waals surface area contributed by atoms with Crippen LogP contribution in [-0.2, 0) is 21.7 Å². The van der Waals surface area contributed by atoms with Gasteiger partial charge < -0.3 is 10.2 Å². The Hall–Kier alpha value is -2.79. The van der Waals surface area contributed by atoms with Gasteiger partial charge in [0.05, 0.1) is 5.02 Å². The number of nitrogens with zero attached hydrogens (tertiary/aromatic N) is 3. The molecule has 2 aliphatic heterocycles. The molecule has 1 atom stereocenters. The molecule has 0 radical (unpaired) electrons. The maximum Gasteiger partial charge on any atom is 0.325 e. The lowest BCUT2D eigenvalue weighted by Crippen LogP contribution is -2.51. The lowest BCUT2D eigenvalue weighted by atomic mass is 9.92. The number of hydrogen-bond acceptors (Lipinski definition) is 5. The third-order valence-corrected chi connectivity index (χ3v) is 8.84. The van der Waals surface area contributed by atoms with Crippen LogP contribution in [0, 0.1) is 5.82 Å². The fourth-order valence-corrected chi connectivity index (χ4v) is 6.34. The molecule has 4 amide bonds. The molecular formula is C27H25BrClFN4O3S. The van der Waals surface area contributed by atoms with Gasteiger partial charge in [-0.2, -0.15) is 0 Å². The molecule has 0 saturated carbocycles. The van der Waals surface area contributed by atoms with E-state index in [4.69, 9.17) is 11.6 Å². The maximum atomic E-state index is 13.6. The Bertz CT molecular complexity index is 1410. The summed E-state index contributed by atoms with van der Waals surface area (Å²) in [5.41, 5.74) is 0.0931. The van der Waals surface area contributed by atoms with Crippen LogP contribution in [0.4, 0.5) is 9.18 Å². The summed E-state index contributed by atoms with van der Waals surface area (Å²) in [5.74, 6) is -1.48. The third-order valence-electron chi connectivity index (χ3n) is 6.94. The van der Waals surface area contributed by atoms with Crippen LogP contribution in [0.25, 0.3) is 10.4 Å². The van der Waals surface area contributed by atoms with Gasteiger partial charge in [-0.3, -0.25) is 19.4 Å². The molecule has 7 nitrogen and oxygen atoms in total. The monoisotopic (exact) mass is 618 g/mol. The molecule has 3 aromatic rings. The zero-order chi connectivity index (χ0) is 27.0. The second kappa shape index (κ2) is 10.8. The summed E-state index contributed by atoms with van der Waals surface area (Å²) in [6, 6.07) is 15.7. The van der Waals surface area contributed by atoms with E-state index in [0.717, 1.165) is 22.0 Å². The molecule has 1 unspecified atom stereocenters. The van der Waals surface area contributed by atoms with Crippen molar-refractivity contribution in [2.75, 3.05) is 32.7 Å². The second-order valence-electron chi connectivity index (χ2n) is 9.51. The number of carbonyl (C=O) groups is 3. The average Bonchev–Trinajstić information content (AvgIpc) is 3.44. The normalized spacial score (nSPS) is 20.2. The predicted molar refractivity (Wildman–Crippen MR) is 148 cm³/mol. The van der Waals surface area contributed by atoms with E-state index < -0.39 is 23.3 Å². The summed E-state index contributed by atoms with van der Waals surface area (Å²) in [7, 11) is 0. The van der Waals surface area contributed by atoms with Crippen molar-refractivity contribution in [2.24, 2.45) is 0 Å². The van der Waals surface area contributed by atoms with Crippen LogP contribution in [0.1, 0.15) is 17.4 Å². The fraction of sp³-hybridized carbons (Fsp3) is 0.296. The van der Waals surface area contributed by atoms with Gasteiger partial charge in [-0.05, 0) is 54.4 Å². The number of nitrogens with one attached hydrogen (secondary N) is 1. The van der Waals surface area contributed by atoms with Crippen molar-refractivity contribution in [2.45, 2.75) is 19.0 Å². The molecule has 1 aromatic heterocycles. The SMILES string of the molecule is CC1(c2ccc(F)c(Cl)c2)NC(=O)N(CC(=O)N2CCN(Cc3ccc(-c4cccc(Br)c4)s3)CC2)C1=O. The van der Waals surface area contributed by atoms with Crippen LogP contribution in [0.15, 0.2) is 59.1 Å². The molecule has 0 spiro atoms. The van der Waals surface area contributed by atoms with E-state index >= 15 is 0 Å². The molecule has 5 rings (SSSR count). The largest absolute Gasteiger partial charge is 0.339 e. The van der Waals surface area contributed by atoms with Gasteiger partial charge in [0.15, 0.2) is 0 Å². The van der Waals surface area contributed by atoms with Crippen molar-refractivity contribution < 1.29 is 18.8 Å². The van der Waals surface area contributed by atoms with Crippen molar-refractivity contribution in [3.8, 4) is 10.4 Å². The van der Waals surface area contributed by atoms with Crippen molar-refractivity contribution in [3.05, 3.63) is 80.4 Å². The standard InChI is InChI=1S/C27H25BrClFN4O3S/c1-27(18-5-7-22(30)21(29)14-18)25(36)34(26(37)31-27)16-24(35)33-11-9-32(10-12-33)15-20-6-8-23(38-20)17-3-2-4-19(28)13-17/h2-8,13-14H,9-12,15-16H2,1H3,(H,31,37). The van der Waals surface area contributed by atoms with E-state index in [1.807, 2.05) is 12.1 Å². The van der Waals surface area contributed by atoms with E-state index in [-0.39, 0.29) is 17.5 Å². The molecule has 1 N–H and O–H groups in total. The first-order chi connectivity index (χ1) is 18.1. The van der Waals surface area contributed by atoms with Crippen LogP contribution >= 0.6 is 38.9 Å². The Morgan fingerprint density at radius 3 is 2.58 bits per heavy atom. The number of amides is 4. The van der Waals surface area contributed by atoms with Crippen LogP contribution in [-0.4, -0.2) is 65.3 Å². The molecule has 0 aliphatic carbocycles. The lowest BCUT2D eigenvalue weighted by molar-refractivity contribution is -0.139. The van der Waals surface area contributed by atoms with Gasteiger partial charge in [0.2, 0.25) is 5.91 Å². The zero-order valence-electron chi connectivity index (χ0n) is 20.5. The van der Waals surface area contributed by atoms with E-state index in [9.17, 15) is 18.8 Å². The van der Waals surface area contributed by atoms with Crippen molar-refractivity contribution in [1.82, 2.24) is 20.0 Å². The van der Waals surface area contributed by atoms with Crippen molar-refractivity contribution in [1.29, 1.82) is 0 Å². The van der Waals surface area contributed by atoms with Crippen LogP contribution in [0.2, 0.25) is 5.02 Å². The summed E-state index contributed by atoms with van der Waals surface area (Å²) in [6.45, 7) is 4.38. The molecule has 2 aromatic carbocycles. The number of carbonyl (C=O) groups excluding carboxylic acids is 3. The molecule has 2 aliphatic rings. The zero-order valence-corrected chi connectivity index (χ0v) is 23.7. The van der Waals surface area contributed by atoms with E-state index in [2.05, 4.69) is 50.4 Å². The Labute approximate surface area is 237 Å². The average molecular weight is 620 g/mol. The maximum absolute atomic E-state index is 13.6. The van der Waals surface area contributed by atoms with E-state index in [1.54, 1.807) is 16.2 Å². The van der Waals surface area contributed by atoms with E-state index in [1.165, 1.54) is 34.4 Å². The number of imide groups is 1. The number of rotatable bonds is 6. The van der Waals surface area contributed by atoms with Gasteiger partial charge in [-0.15, -0.1) is 11.3 Å². The minimum Gasteiger partial charge on any atom is -0.339 e. The molecule has 38 heavy (non-hydrogen) atoms. The van der Waals surface area contributed by atoms with Gasteiger partial charge in [0, 0.05) is 47.0 Å². The van der Waals surface area contributed by atoms with E-state index in [0.29, 0.717) is 31.7 Å². The van der Waals surface area contributed by atoms with Gasteiger partial charge in [0.1, 0.15) is 17.9 Å². The minimum absolute atomic E-state index is 0.148. The summed E-state index contributed by atoms with van der Waals surface area (Å²) in [4.78, 5) is 46.1. The molecule has 2 fully saturated rings. The quantitative estimate of drug-likeness (QED) is 0.391. The van der Waals surface area contributed by atoms with Crippen LogP contribution in [0.3, 0.4) is 0 Å². The van der Waals surface area contributed by atoms with Gasteiger partial charge in [-0.1, -0.05) is 45.7 Å². The summed E-state index contributed by atoms with van der Waals surface area (Å²) < 4.78 is 14.6. The Kier molecular flexibility index (Phi) is 7.59. The summed E-state index contributed by atoms with van der Waals surface area (Å²) >= 11 is 11.2. The minimum atomic E-state index is -1.43. The molecule has 3 heterocycles. The fourth-order valence-electron chi connectivity index (χ4n) is 4.71. The predicted octanol–water partition coefficient (Wildman–Crippen LogP) is 5.08. The van der Waals surface area contributed by atoms with Gasteiger partial charge in [-0.25, -0.2) is 9.18 Å². The molecular weight excluding hydrogens is 595 g/mol. The third kappa shape index (κ3) is 5.36. The highest BCUT2D eigenvalue weighted by Gasteiger charge is 2.50. The highest BCUT2D eigenvalue weighted by molar-refractivity contribution is 9.10. The number of hydrogen-bond donors (Lipinski definition) is 1. The van der Waals surface area contributed by atoms with Gasteiger partial charge in [0.25, 0.3) is 5.91 Å². The Morgan fingerprint density at radius 2 is 1.87 bits per heavy atom. The first kappa shape index (κ1) is 26.8. The molecule has 11 heteroatoms. The summed E-state index contributed by atoms with van der Waals surface area (Å²) in [6.07, 6.45) is 0. The molecule has 0 bridgehead atoms. The number of urea groups is 1.